The van der Waals surface area contributed by atoms with Crippen LogP contribution < -0.4 is 19.8 Å². The molecule has 3 aromatic rings. The van der Waals surface area contributed by atoms with Crippen molar-refractivity contribution in [2.45, 2.75) is 32.5 Å². The van der Waals surface area contributed by atoms with Gasteiger partial charge in [-0.2, -0.15) is 11.8 Å². The summed E-state index contributed by atoms with van der Waals surface area (Å²) in [4.78, 5) is 28.7. The molecule has 8 heteroatoms. The molecule has 2 amide bonds. The maximum Gasteiger partial charge on any atom is 0.251 e. The van der Waals surface area contributed by atoms with E-state index in [0.717, 1.165) is 38.4 Å². The van der Waals surface area contributed by atoms with Crippen molar-refractivity contribution in [3.05, 3.63) is 71.8 Å². The molecule has 2 N–H and O–H groups in total. The van der Waals surface area contributed by atoms with Gasteiger partial charge < -0.3 is 19.8 Å². The summed E-state index contributed by atoms with van der Waals surface area (Å²) in [6.45, 7) is 4.71. The van der Waals surface area contributed by atoms with Gasteiger partial charge in [-0.05, 0) is 73.1 Å². The summed E-state index contributed by atoms with van der Waals surface area (Å²) in [6, 6.07) is 19.5. The van der Waals surface area contributed by atoms with Gasteiger partial charge in [-0.15, -0.1) is 0 Å². The van der Waals surface area contributed by atoms with Gasteiger partial charge in [-0.3, -0.25) is 9.59 Å². The lowest BCUT2D eigenvalue weighted by Gasteiger charge is -2.27. The van der Waals surface area contributed by atoms with Gasteiger partial charge in [0.25, 0.3) is 5.91 Å². The van der Waals surface area contributed by atoms with Crippen LogP contribution >= 0.6 is 23.7 Å². The Morgan fingerprint density at radius 3 is 2.54 bits per heavy atom. The summed E-state index contributed by atoms with van der Waals surface area (Å²) in [7, 11) is 1.74. The van der Waals surface area contributed by atoms with Gasteiger partial charge in [0.05, 0.1) is 35.6 Å². The number of aryl methyl sites for hydroxylation is 1. The molecule has 184 valence electrons. The van der Waals surface area contributed by atoms with E-state index in [1.165, 1.54) is 0 Å². The number of carbonyl (C=O) groups is 2. The van der Waals surface area contributed by atoms with Gasteiger partial charge in [0.1, 0.15) is 6.04 Å². The van der Waals surface area contributed by atoms with Crippen LogP contribution in [0.1, 0.15) is 18.1 Å². The molecular weight excluding hydrogens is 476 g/mol. The number of anilines is 2. The Hall–Kier alpha value is -2.68. The third-order valence-electron chi connectivity index (χ3n) is 6.41. The van der Waals surface area contributed by atoms with Crippen molar-refractivity contribution in [1.82, 2.24) is 10.6 Å². The van der Waals surface area contributed by atoms with Crippen molar-refractivity contribution < 1.29 is 9.59 Å². The topological polar surface area (TPSA) is 64.7 Å². The fourth-order valence-electron chi connectivity index (χ4n) is 4.30. The molecule has 35 heavy (non-hydrogen) atoms. The highest BCUT2D eigenvalue weighted by Gasteiger charge is 2.36. The van der Waals surface area contributed by atoms with E-state index in [0.29, 0.717) is 13.1 Å². The van der Waals surface area contributed by atoms with E-state index >= 15 is 0 Å². The smallest absolute Gasteiger partial charge is 0.251 e. The minimum absolute atomic E-state index is 0.103. The number of carbonyl (C=O) groups excluding carboxylic acids is 2. The molecule has 3 aromatic carbocycles. The maximum atomic E-state index is 14.1. The molecule has 0 saturated heterocycles. The minimum atomic E-state index is -0.671. The standard InChI is InChI=1S/C27H32N4O2S2/c1-18-13-14-20-9-5-6-10-21(20)22(18)15-30-24-11-7-8-12-25(24)31(35-17-34-4)16-23(27(30)33)29-26(32)19(2)28-3/h5-14,19,23,28H,15-17H2,1-4H3,(H,29,32)/t19-,23?/m0/s1. The number of thioether (sulfide) groups is 1. The van der Waals surface area contributed by atoms with Gasteiger partial charge in [0, 0.05) is 0 Å². The number of hydrogen-bond acceptors (Lipinski definition) is 6. The highest BCUT2D eigenvalue weighted by Crippen LogP contribution is 2.38. The number of nitrogens with one attached hydrogen (secondary N) is 2. The lowest BCUT2D eigenvalue weighted by atomic mass is 9.99. The normalized spacial score (nSPS) is 16.7. The van der Waals surface area contributed by atoms with Crippen LogP contribution in [-0.2, 0) is 16.1 Å². The largest absolute Gasteiger partial charge is 0.341 e. The molecule has 1 aliphatic heterocycles. The van der Waals surface area contributed by atoms with E-state index in [1.807, 2.05) is 35.2 Å². The molecule has 0 saturated carbocycles. The van der Waals surface area contributed by atoms with Gasteiger partial charge in [0.2, 0.25) is 5.91 Å². The zero-order chi connectivity index (χ0) is 24.9. The molecule has 2 atom stereocenters. The molecule has 0 aromatic heterocycles. The molecular formula is C27H32N4O2S2. The molecule has 0 spiro atoms. The van der Waals surface area contributed by atoms with Crippen LogP contribution in [0.4, 0.5) is 11.4 Å². The molecule has 0 fully saturated rings. The number of hydrogen-bond donors (Lipinski definition) is 2. The summed E-state index contributed by atoms with van der Waals surface area (Å²) in [5, 5.41) is 9.11. The third kappa shape index (κ3) is 5.44. The Labute approximate surface area is 216 Å². The first-order valence-electron chi connectivity index (χ1n) is 11.7. The first-order valence-corrected chi connectivity index (χ1v) is 14.0. The fourth-order valence-corrected chi connectivity index (χ4v) is 5.78. The van der Waals surface area contributed by atoms with Crippen LogP contribution in [0.3, 0.4) is 0 Å². The van der Waals surface area contributed by atoms with Crippen LogP contribution in [0.2, 0.25) is 0 Å². The number of amides is 2. The molecule has 1 aliphatic rings. The van der Waals surface area contributed by atoms with Gasteiger partial charge in [0.15, 0.2) is 0 Å². The number of para-hydroxylation sites is 2. The number of fused-ring (bicyclic) bond motifs is 2. The van der Waals surface area contributed by atoms with E-state index in [-0.39, 0.29) is 11.8 Å². The van der Waals surface area contributed by atoms with Crippen molar-refractivity contribution >= 4 is 57.7 Å². The van der Waals surface area contributed by atoms with Crippen molar-refractivity contribution in [2.24, 2.45) is 0 Å². The predicted molar refractivity (Wildman–Crippen MR) is 150 cm³/mol. The van der Waals surface area contributed by atoms with Crippen LogP contribution in [0.5, 0.6) is 0 Å². The SMILES string of the molecule is CN[C@@H](C)C(=O)NC1CN(SCSC)c2ccccc2N(Cc2c(C)ccc3ccccc23)C1=O. The van der Waals surface area contributed by atoms with Crippen LogP contribution in [0.15, 0.2) is 60.7 Å². The molecule has 4 rings (SSSR count). The summed E-state index contributed by atoms with van der Waals surface area (Å²) in [6.07, 6.45) is 2.06. The van der Waals surface area contributed by atoms with Crippen LogP contribution in [0, 0.1) is 6.92 Å². The summed E-state index contributed by atoms with van der Waals surface area (Å²) < 4.78 is 2.15. The van der Waals surface area contributed by atoms with Crippen molar-refractivity contribution in [3.8, 4) is 0 Å². The van der Waals surface area contributed by atoms with Crippen LogP contribution in [0.25, 0.3) is 10.8 Å². The highest BCUT2D eigenvalue weighted by molar-refractivity contribution is 8.16. The second kappa shape index (κ2) is 11.4. The molecule has 1 unspecified atom stereocenters. The average molecular weight is 509 g/mol. The minimum Gasteiger partial charge on any atom is -0.341 e. The van der Waals surface area contributed by atoms with Gasteiger partial charge >= 0.3 is 0 Å². The second-order valence-electron chi connectivity index (χ2n) is 8.66. The Morgan fingerprint density at radius 1 is 1.09 bits per heavy atom. The quantitative estimate of drug-likeness (QED) is 0.344. The van der Waals surface area contributed by atoms with Gasteiger partial charge in [-0.1, -0.05) is 48.5 Å². The Bertz CT molecular complexity index is 1220. The monoisotopic (exact) mass is 508 g/mol. The molecule has 0 aliphatic carbocycles. The maximum absolute atomic E-state index is 14.1. The Balaban J connectivity index is 1.79. The van der Waals surface area contributed by atoms with E-state index in [1.54, 1.807) is 37.7 Å². The van der Waals surface area contributed by atoms with E-state index < -0.39 is 12.1 Å². The zero-order valence-corrected chi connectivity index (χ0v) is 22.2. The van der Waals surface area contributed by atoms with Crippen molar-refractivity contribution in [3.63, 3.8) is 0 Å². The number of rotatable bonds is 8. The first-order chi connectivity index (χ1) is 16.9. The van der Waals surface area contributed by atoms with Gasteiger partial charge in [-0.25, -0.2) is 0 Å². The third-order valence-corrected chi connectivity index (χ3v) is 8.44. The second-order valence-corrected chi connectivity index (χ2v) is 10.9. The first kappa shape index (κ1) is 25.4. The summed E-state index contributed by atoms with van der Waals surface area (Å²) in [5.41, 5.74) is 4.09. The highest BCUT2D eigenvalue weighted by atomic mass is 32.2. The molecule has 0 bridgehead atoms. The van der Waals surface area contributed by atoms with E-state index in [4.69, 9.17) is 0 Å². The molecule has 6 nitrogen and oxygen atoms in total. The average Bonchev–Trinajstić information content (AvgIpc) is 2.98. The molecule has 1 heterocycles. The predicted octanol–water partition coefficient (Wildman–Crippen LogP) is 4.56. The summed E-state index contributed by atoms with van der Waals surface area (Å²) >= 11 is 3.40. The number of likely N-dealkylation sites (N-methyl/N-ethyl adjacent to an activating group) is 1. The van der Waals surface area contributed by atoms with Crippen molar-refractivity contribution in [2.75, 3.05) is 34.1 Å². The summed E-state index contributed by atoms with van der Waals surface area (Å²) in [5.74, 6) is -0.290. The number of benzene rings is 3. The molecule has 0 radical (unpaired) electrons. The lowest BCUT2D eigenvalue weighted by Crippen LogP contribution is -2.54. The Kier molecular flexibility index (Phi) is 8.26. The lowest BCUT2D eigenvalue weighted by molar-refractivity contribution is -0.128. The van der Waals surface area contributed by atoms with Crippen molar-refractivity contribution in [1.29, 1.82) is 0 Å². The zero-order valence-electron chi connectivity index (χ0n) is 20.6. The van der Waals surface area contributed by atoms with E-state index in [2.05, 4.69) is 58.5 Å². The van der Waals surface area contributed by atoms with E-state index in [9.17, 15) is 9.59 Å². The fraction of sp³-hybridized carbons (Fsp3) is 0.333. The number of nitrogens with zero attached hydrogens (tertiary/aromatic N) is 2. The Morgan fingerprint density at radius 2 is 1.80 bits per heavy atom. The van der Waals surface area contributed by atoms with Crippen LogP contribution in [-0.4, -0.2) is 48.8 Å².